The fraction of sp³-hybridized carbons (Fsp3) is 0.500. The first kappa shape index (κ1) is 15.7. The molecule has 2 heterocycles. The zero-order chi connectivity index (χ0) is 16.6. The zero-order valence-electron chi connectivity index (χ0n) is 14.1. The van der Waals surface area contributed by atoms with E-state index < -0.39 is 0 Å². The van der Waals surface area contributed by atoms with Gasteiger partial charge >= 0.3 is 0 Å². The molecule has 0 unspecified atom stereocenters. The van der Waals surface area contributed by atoms with Crippen LogP contribution in [0.5, 0.6) is 0 Å². The van der Waals surface area contributed by atoms with Crippen LogP contribution in [0.2, 0.25) is 0 Å². The highest BCUT2D eigenvalue weighted by Crippen LogP contribution is 2.38. The third-order valence-electron chi connectivity index (χ3n) is 4.64. The number of carbonyl (C=O) groups excluding carboxylic acids is 1. The van der Waals surface area contributed by atoms with Gasteiger partial charge < -0.3 is 9.84 Å². The van der Waals surface area contributed by atoms with Crippen LogP contribution < -0.4 is 5.32 Å². The molecule has 0 bridgehead atoms. The number of fused-ring (bicyclic) bond motifs is 1. The van der Waals surface area contributed by atoms with Gasteiger partial charge in [0.2, 0.25) is 0 Å². The van der Waals surface area contributed by atoms with Crippen LogP contribution in [-0.4, -0.2) is 16.0 Å². The molecule has 0 saturated carbocycles. The molecule has 1 atom stereocenters. The lowest BCUT2D eigenvalue weighted by Crippen LogP contribution is -2.27. The van der Waals surface area contributed by atoms with Gasteiger partial charge in [0.1, 0.15) is 11.6 Å². The molecule has 0 radical (unpaired) electrons. The Morgan fingerprint density at radius 2 is 2.17 bits per heavy atom. The second-order valence-electron chi connectivity index (χ2n) is 7.41. The van der Waals surface area contributed by atoms with Gasteiger partial charge in [0.25, 0.3) is 5.91 Å². The molecule has 0 spiro atoms. The highest BCUT2D eigenvalue weighted by molar-refractivity contribution is 6.03. The Balaban J connectivity index is 1.82. The molecule has 122 valence electrons. The van der Waals surface area contributed by atoms with Crippen LogP contribution in [0.1, 0.15) is 54.6 Å². The Kier molecular flexibility index (Phi) is 3.96. The maximum atomic E-state index is 12.5. The molecule has 1 amide bonds. The Hall–Kier alpha value is -2.17. The van der Waals surface area contributed by atoms with E-state index in [1.165, 1.54) is 0 Å². The van der Waals surface area contributed by atoms with Crippen molar-refractivity contribution in [1.82, 2.24) is 10.1 Å². The van der Waals surface area contributed by atoms with Gasteiger partial charge in [-0.15, -0.1) is 0 Å². The van der Waals surface area contributed by atoms with Crippen molar-refractivity contribution in [2.75, 3.05) is 5.32 Å². The minimum Gasteiger partial charge on any atom is -0.360 e. The molecule has 2 aromatic rings. The van der Waals surface area contributed by atoms with Crippen molar-refractivity contribution < 1.29 is 9.32 Å². The van der Waals surface area contributed by atoms with E-state index in [1.54, 1.807) is 6.20 Å². The van der Waals surface area contributed by atoms with Crippen LogP contribution in [0, 0.1) is 18.3 Å². The molecule has 0 saturated heterocycles. The molecule has 0 fully saturated rings. The van der Waals surface area contributed by atoms with Crippen molar-refractivity contribution in [3.05, 3.63) is 40.9 Å². The number of nitrogens with zero attached hydrogens (tertiary/aromatic N) is 2. The second-order valence-corrected chi connectivity index (χ2v) is 7.41. The molecule has 0 aromatic carbocycles. The number of amides is 1. The monoisotopic (exact) mass is 313 g/mol. The lowest BCUT2D eigenvalue weighted by Gasteiger charge is -2.33. The normalized spacial score (nSPS) is 17.7. The number of carbonyl (C=O) groups is 1. The summed E-state index contributed by atoms with van der Waals surface area (Å²) in [7, 11) is 0. The molecule has 1 aliphatic carbocycles. The maximum Gasteiger partial charge on any atom is 0.279 e. The van der Waals surface area contributed by atoms with Crippen LogP contribution in [0.15, 0.2) is 22.9 Å². The predicted octanol–water partition coefficient (Wildman–Crippen LogP) is 3.78. The second kappa shape index (κ2) is 5.80. The molecular formula is C18H23N3O2. The predicted molar refractivity (Wildman–Crippen MR) is 88.4 cm³/mol. The average molecular weight is 313 g/mol. The molecule has 5 nitrogen and oxygen atoms in total. The van der Waals surface area contributed by atoms with Crippen LogP contribution in [0.25, 0.3) is 0 Å². The summed E-state index contributed by atoms with van der Waals surface area (Å²) in [5.41, 5.74) is 2.62. The Morgan fingerprint density at radius 3 is 2.87 bits per heavy atom. The summed E-state index contributed by atoms with van der Waals surface area (Å²) in [5, 5.41) is 6.83. The van der Waals surface area contributed by atoms with Gasteiger partial charge in [-0.3, -0.25) is 4.79 Å². The molecule has 3 rings (SSSR count). The van der Waals surface area contributed by atoms with Crippen molar-refractivity contribution in [2.24, 2.45) is 11.3 Å². The zero-order valence-corrected chi connectivity index (χ0v) is 14.1. The molecule has 5 heteroatoms. The number of aromatic nitrogens is 2. The van der Waals surface area contributed by atoms with Gasteiger partial charge in [-0.05, 0) is 48.8 Å². The largest absolute Gasteiger partial charge is 0.360 e. The van der Waals surface area contributed by atoms with Crippen molar-refractivity contribution >= 4 is 11.7 Å². The Labute approximate surface area is 136 Å². The highest BCUT2D eigenvalue weighted by Gasteiger charge is 2.34. The summed E-state index contributed by atoms with van der Waals surface area (Å²) < 4.78 is 5.40. The fourth-order valence-corrected chi connectivity index (χ4v) is 3.10. The quantitative estimate of drug-likeness (QED) is 0.916. The third kappa shape index (κ3) is 3.28. The fourth-order valence-electron chi connectivity index (χ4n) is 3.10. The van der Waals surface area contributed by atoms with Crippen LogP contribution >= 0.6 is 0 Å². The number of anilines is 1. The highest BCUT2D eigenvalue weighted by atomic mass is 16.5. The molecule has 2 aromatic heterocycles. The molecule has 1 aliphatic rings. The van der Waals surface area contributed by atoms with Gasteiger partial charge in [0.15, 0.2) is 5.69 Å². The first-order chi connectivity index (χ1) is 10.8. The summed E-state index contributed by atoms with van der Waals surface area (Å²) in [4.78, 5) is 16.7. The third-order valence-corrected chi connectivity index (χ3v) is 4.64. The van der Waals surface area contributed by atoms with E-state index in [1.807, 2.05) is 19.1 Å². The van der Waals surface area contributed by atoms with Crippen LogP contribution in [0.4, 0.5) is 5.82 Å². The number of aryl methyl sites for hydroxylation is 2. The molecule has 23 heavy (non-hydrogen) atoms. The minimum atomic E-state index is -0.248. The van der Waals surface area contributed by atoms with E-state index in [9.17, 15) is 4.79 Å². The summed E-state index contributed by atoms with van der Waals surface area (Å²) in [5.74, 6) is 1.67. The van der Waals surface area contributed by atoms with Gasteiger partial charge in [-0.25, -0.2) is 4.98 Å². The standard InChI is InChI=1S/C18H23N3O2/c1-11-7-8-19-15(9-11)20-17(22)16-13-10-12(18(2,3)4)5-6-14(13)23-21-16/h7-9,12H,5-6,10H2,1-4H3,(H,19,20,22)/t12-/m0/s1. The van der Waals surface area contributed by atoms with Crippen LogP contribution in [0.3, 0.4) is 0 Å². The van der Waals surface area contributed by atoms with E-state index in [4.69, 9.17) is 4.52 Å². The van der Waals surface area contributed by atoms with Crippen molar-refractivity contribution in [2.45, 2.75) is 47.0 Å². The van der Waals surface area contributed by atoms with Crippen molar-refractivity contribution in [3.63, 3.8) is 0 Å². The summed E-state index contributed by atoms with van der Waals surface area (Å²) in [6, 6.07) is 3.73. The van der Waals surface area contributed by atoms with Gasteiger partial charge in [-0.2, -0.15) is 0 Å². The first-order valence-electron chi connectivity index (χ1n) is 8.06. The van der Waals surface area contributed by atoms with E-state index in [-0.39, 0.29) is 11.3 Å². The lowest BCUT2D eigenvalue weighted by atomic mass is 9.71. The van der Waals surface area contributed by atoms with Gasteiger partial charge in [0.05, 0.1) is 0 Å². The van der Waals surface area contributed by atoms with Crippen molar-refractivity contribution in [3.8, 4) is 0 Å². The first-order valence-corrected chi connectivity index (χ1v) is 8.06. The lowest BCUT2D eigenvalue weighted by molar-refractivity contribution is 0.101. The van der Waals surface area contributed by atoms with Gasteiger partial charge in [-0.1, -0.05) is 25.9 Å². The number of rotatable bonds is 2. The number of pyridine rings is 1. The summed E-state index contributed by atoms with van der Waals surface area (Å²) >= 11 is 0. The topological polar surface area (TPSA) is 68.0 Å². The van der Waals surface area contributed by atoms with Gasteiger partial charge in [0, 0.05) is 18.2 Å². The van der Waals surface area contributed by atoms with Crippen LogP contribution in [-0.2, 0) is 12.8 Å². The summed E-state index contributed by atoms with van der Waals surface area (Å²) in [6.07, 6.45) is 4.44. The van der Waals surface area contributed by atoms with E-state index in [0.717, 1.165) is 36.1 Å². The maximum absolute atomic E-state index is 12.5. The molecular weight excluding hydrogens is 290 g/mol. The number of hydrogen-bond donors (Lipinski definition) is 1. The number of nitrogens with one attached hydrogen (secondary N) is 1. The van der Waals surface area contributed by atoms with E-state index in [2.05, 4.69) is 36.2 Å². The van der Waals surface area contributed by atoms with E-state index >= 15 is 0 Å². The summed E-state index contributed by atoms with van der Waals surface area (Å²) in [6.45, 7) is 8.69. The minimum absolute atomic E-state index is 0.209. The van der Waals surface area contributed by atoms with Crippen molar-refractivity contribution in [1.29, 1.82) is 0 Å². The average Bonchev–Trinajstić information content (AvgIpc) is 2.89. The molecule has 0 aliphatic heterocycles. The Morgan fingerprint density at radius 1 is 1.39 bits per heavy atom. The SMILES string of the molecule is Cc1ccnc(NC(=O)c2noc3c2C[C@@H](C(C)(C)C)CC3)c1. The Bertz CT molecular complexity index is 728. The number of hydrogen-bond acceptors (Lipinski definition) is 4. The van der Waals surface area contributed by atoms with E-state index in [0.29, 0.717) is 17.4 Å². The smallest absolute Gasteiger partial charge is 0.279 e. The molecule has 1 N–H and O–H groups in total.